The number of aliphatic carboxylic acids is 1. The third-order valence-corrected chi connectivity index (χ3v) is 7.68. The zero-order valence-corrected chi connectivity index (χ0v) is 21.3. The van der Waals surface area contributed by atoms with Gasteiger partial charge < -0.3 is 14.6 Å². The Kier molecular flexibility index (Phi) is 9.40. The van der Waals surface area contributed by atoms with Crippen LogP contribution in [0.1, 0.15) is 50.2 Å². The van der Waals surface area contributed by atoms with Gasteiger partial charge in [0.1, 0.15) is 18.5 Å². The minimum absolute atomic E-state index is 0.255. The molecule has 3 unspecified atom stereocenters. The number of carbonyl (C=O) groups is 2. The summed E-state index contributed by atoms with van der Waals surface area (Å²) in [4.78, 5) is 27.0. The number of carbonyl (C=O) groups excluding carboxylic acids is 1. The zero-order chi connectivity index (χ0) is 25.3. The molecule has 0 amide bonds. The first kappa shape index (κ1) is 26.2. The SMILES string of the molecule is CC1CCN(CC(COc2ccccc2CCc2ccccc2)OC(=O)C2CCCC2C(=O)O)CC1. The highest BCUT2D eigenvalue weighted by Crippen LogP contribution is 2.33. The Balaban J connectivity index is 1.41. The number of benzene rings is 2. The first-order valence-corrected chi connectivity index (χ1v) is 13.4. The summed E-state index contributed by atoms with van der Waals surface area (Å²) < 4.78 is 12.2. The number of hydrogen-bond acceptors (Lipinski definition) is 5. The number of ether oxygens (including phenoxy) is 2. The van der Waals surface area contributed by atoms with E-state index in [1.807, 2.05) is 24.3 Å². The summed E-state index contributed by atoms with van der Waals surface area (Å²) in [7, 11) is 0. The van der Waals surface area contributed by atoms with Crippen LogP contribution in [-0.4, -0.2) is 54.3 Å². The minimum atomic E-state index is -0.903. The maximum atomic E-state index is 13.0. The van der Waals surface area contributed by atoms with E-state index in [2.05, 4.69) is 42.2 Å². The number of carboxylic acids is 1. The van der Waals surface area contributed by atoms with Crippen LogP contribution in [0.3, 0.4) is 0 Å². The van der Waals surface area contributed by atoms with Gasteiger partial charge in [-0.1, -0.05) is 61.9 Å². The van der Waals surface area contributed by atoms with Crippen LogP contribution in [0.4, 0.5) is 0 Å². The van der Waals surface area contributed by atoms with Crippen molar-refractivity contribution in [3.63, 3.8) is 0 Å². The molecule has 0 spiro atoms. The number of aryl methyl sites for hydroxylation is 2. The number of piperidine rings is 1. The largest absolute Gasteiger partial charge is 0.489 e. The van der Waals surface area contributed by atoms with Crippen molar-refractivity contribution in [2.45, 2.75) is 58.0 Å². The maximum Gasteiger partial charge on any atom is 0.310 e. The van der Waals surface area contributed by atoms with Crippen molar-refractivity contribution in [3.8, 4) is 5.75 Å². The van der Waals surface area contributed by atoms with Crippen molar-refractivity contribution in [1.29, 1.82) is 0 Å². The lowest BCUT2D eigenvalue weighted by Crippen LogP contribution is -2.43. The Morgan fingerprint density at radius 3 is 2.39 bits per heavy atom. The van der Waals surface area contributed by atoms with E-state index < -0.39 is 29.9 Å². The molecule has 194 valence electrons. The van der Waals surface area contributed by atoms with E-state index >= 15 is 0 Å². The van der Waals surface area contributed by atoms with Gasteiger partial charge in [0.2, 0.25) is 0 Å². The van der Waals surface area contributed by atoms with Gasteiger partial charge in [0.15, 0.2) is 0 Å². The minimum Gasteiger partial charge on any atom is -0.489 e. The molecule has 2 aromatic carbocycles. The highest BCUT2D eigenvalue weighted by Gasteiger charge is 2.40. The second-order valence-corrected chi connectivity index (χ2v) is 10.4. The number of likely N-dealkylation sites (tertiary alicyclic amines) is 1. The van der Waals surface area contributed by atoms with Crippen LogP contribution in [0.15, 0.2) is 54.6 Å². The number of para-hydroxylation sites is 1. The van der Waals surface area contributed by atoms with Crippen LogP contribution in [0.5, 0.6) is 5.75 Å². The van der Waals surface area contributed by atoms with Crippen molar-refractivity contribution < 1.29 is 24.2 Å². The van der Waals surface area contributed by atoms with Gasteiger partial charge in [0.05, 0.1) is 11.8 Å². The molecular formula is C30H39NO5. The van der Waals surface area contributed by atoms with Crippen LogP contribution in [0.25, 0.3) is 0 Å². The van der Waals surface area contributed by atoms with Crippen molar-refractivity contribution in [2.24, 2.45) is 17.8 Å². The van der Waals surface area contributed by atoms with E-state index in [0.29, 0.717) is 25.3 Å². The Morgan fingerprint density at radius 1 is 0.944 bits per heavy atom. The third kappa shape index (κ3) is 7.33. The van der Waals surface area contributed by atoms with Crippen LogP contribution in [-0.2, 0) is 27.2 Å². The number of carboxylic acid groups (broad SMARTS) is 1. The van der Waals surface area contributed by atoms with Crippen molar-refractivity contribution >= 4 is 11.9 Å². The first-order valence-electron chi connectivity index (χ1n) is 13.4. The fourth-order valence-corrected chi connectivity index (χ4v) is 5.40. The van der Waals surface area contributed by atoms with Gasteiger partial charge in [0, 0.05) is 6.54 Å². The molecule has 0 radical (unpaired) electrons. The molecule has 2 fully saturated rings. The van der Waals surface area contributed by atoms with Gasteiger partial charge in [-0.3, -0.25) is 14.5 Å². The highest BCUT2D eigenvalue weighted by atomic mass is 16.6. The normalized spacial score (nSPS) is 21.7. The molecule has 4 rings (SSSR count). The molecule has 0 bridgehead atoms. The topological polar surface area (TPSA) is 76.1 Å². The van der Waals surface area contributed by atoms with Gasteiger partial charge in [0.25, 0.3) is 0 Å². The summed E-state index contributed by atoms with van der Waals surface area (Å²) in [6.45, 7) is 5.09. The van der Waals surface area contributed by atoms with E-state index in [9.17, 15) is 14.7 Å². The van der Waals surface area contributed by atoms with E-state index in [-0.39, 0.29) is 6.61 Å². The lowest BCUT2D eigenvalue weighted by Gasteiger charge is -2.33. The fraction of sp³-hybridized carbons (Fsp3) is 0.533. The fourth-order valence-electron chi connectivity index (χ4n) is 5.40. The van der Waals surface area contributed by atoms with E-state index in [1.54, 1.807) is 0 Å². The smallest absolute Gasteiger partial charge is 0.310 e. The summed E-state index contributed by atoms with van der Waals surface area (Å²) >= 11 is 0. The average molecular weight is 494 g/mol. The molecule has 6 heteroatoms. The second-order valence-electron chi connectivity index (χ2n) is 10.4. The van der Waals surface area contributed by atoms with E-state index in [0.717, 1.165) is 56.5 Å². The Morgan fingerprint density at radius 2 is 1.64 bits per heavy atom. The standard InChI is InChI=1S/C30H39NO5/c1-22-16-18-31(19-17-22)20-25(36-30(34)27-12-7-11-26(27)29(32)33)21-35-28-13-6-5-10-24(28)15-14-23-8-3-2-4-9-23/h2-6,8-10,13,22,25-27H,7,11-12,14-21H2,1H3,(H,32,33). The Bertz CT molecular complexity index is 986. The van der Waals surface area contributed by atoms with Gasteiger partial charge in [-0.2, -0.15) is 0 Å². The second kappa shape index (κ2) is 12.9. The molecule has 1 saturated carbocycles. The summed E-state index contributed by atoms with van der Waals surface area (Å²) in [6.07, 6.45) is 5.46. The Labute approximate surface area is 214 Å². The molecular weight excluding hydrogens is 454 g/mol. The molecule has 36 heavy (non-hydrogen) atoms. The third-order valence-electron chi connectivity index (χ3n) is 7.68. The van der Waals surface area contributed by atoms with Crippen molar-refractivity contribution in [1.82, 2.24) is 4.90 Å². The number of hydrogen-bond donors (Lipinski definition) is 1. The molecule has 2 aliphatic rings. The number of esters is 1. The quantitative estimate of drug-likeness (QED) is 0.444. The first-order chi connectivity index (χ1) is 17.5. The van der Waals surface area contributed by atoms with Crippen LogP contribution < -0.4 is 4.74 Å². The molecule has 6 nitrogen and oxygen atoms in total. The molecule has 1 N–H and O–H groups in total. The predicted octanol–water partition coefficient (Wildman–Crippen LogP) is 5.00. The zero-order valence-electron chi connectivity index (χ0n) is 21.3. The monoisotopic (exact) mass is 493 g/mol. The lowest BCUT2D eigenvalue weighted by atomic mass is 9.96. The molecule has 3 atom stereocenters. The molecule has 1 heterocycles. The van der Waals surface area contributed by atoms with Gasteiger partial charge in [-0.25, -0.2) is 0 Å². The molecule has 1 saturated heterocycles. The molecule has 1 aliphatic heterocycles. The van der Waals surface area contributed by atoms with E-state index in [4.69, 9.17) is 9.47 Å². The van der Waals surface area contributed by atoms with E-state index in [1.165, 1.54) is 5.56 Å². The van der Waals surface area contributed by atoms with Gasteiger partial charge in [-0.15, -0.1) is 0 Å². The van der Waals surface area contributed by atoms with Crippen LogP contribution >= 0.6 is 0 Å². The van der Waals surface area contributed by atoms with Gasteiger partial charge >= 0.3 is 11.9 Å². The number of rotatable bonds is 11. The molecule has 0 aromatic heterocycles. The summed E-state index contributed by atoms with van der Waals surface area (Å²) in [6, 6.07) is 18.4. The van der Waals surface area contributed by atoms with Crippen LogP contribution in [0, 0.1) is 17.8 Å². The summed E-state index contributed by atoms with van der Waals surface area (Å²) in [5.74, 6) is -0.982. The lowest BCUT2D eigenvalue weighted by molar-refractivity contribution is -0.162. The van der Waals surface area contributed by atoms with Gasteiger partial charge in [-0.05, 0) is 74.7 Å². The molecule has 2 aromatic rings. The summed E-state index contributed by atoms with van der Waals surface area (Å²) in [5.41, 5.74) is 2.41. The van der Waals surface area contributed by atoms with Crippen molar-refractivity contribution in [2.75, 3.05) is 26.2 Å². The van der Waals surface area contributed by atoms with Crippen molar-refractivity contribution in [3.05, 3.63) is 65.7 Å². The average Bonchev–Trinajstić information content (AvgIpc) is 3.39. The van der Waals surface area contributed by atoms with Crippen LogP contribution in [0.2, 0.25) is 0 Å². The molecule has 1 aliphatic carbocycles. The Hall–Kier alpha value is -2.86. The highest BCUT2D eigenvalue weighted by molar-refractivity contribution is 5.81. The number of nitrogens with zero attached hydrogens (tertiary/aromatic N) is 1. The maximum absolute atomic E-state index is 13.0. The summed E-state index contributed by atoms with van der Waals surface area (Å²) in [5, 5.41) is 9.53. The predicted molar refractivity (Wildman–Crippen MR) is 139 cm³/mol.